The molecule has 0 fully saturated rings. The first-order valence-corrected chi connectivity index (χ1v) is 7.40. The predicted octanol–water partition coefficient (Wildman–Crippen LogP) is 2.47. The van der Waals surface area contributed by atoms with Crippen LogP contribution in [0.4, 0.5) is 11.4 Å². The number of amides is 1. The molecule has 2 aromatic rings. The molecular weight excluding hydrogens is 280 g/mol. The molecular formula is C12H14N4OS2. The molecule has 1 aromatic heterocycles. The molecule has 0 bridgehead atoms. The smallest absolute Gasteiger partial charge is 0.234 e. The molecule has 0 aliphatic heterocycles. The van der Waals surface area contributed by atoms with Gasteiger partial charge in [-0.2, -0.15) is 4.37 Å². The standard InChI is InChI=1S/C12H14N4OS2/c1-7-9(13)4-3-5-10(7)15-11(17)6-18-12-14-8(2)16-19-12/h3-5H,6,13H2,1-2H3,(H,15,17). The summed E-state index contributed by atoms with van der Waals surface area (Å²) in [6, 6.07) is 5.46. The zero-order chi connectivity index (χ0) is 13.8. The van der Waals surface area contributed by atoms with Crippen molar-refractivity contribution in [2.75, 3.05) is 16.8 Å². The fraction of sp³-hybridized carbons (Fsp3) is 0.250. The number of nitrogen functional groups attached to an aromatic ring is 1. The monoisotopic (exact) mass is 294 g/mol. The maximum absolute atomic E-state index is 11.8. The lowest BCUT2D eigenvalue weighted by Crippen LogP contribution is -2.15. The van der Waals surface area contributed by atoms with E-state index in [2.05, 4.69) is 14.7 Å². The summed E-state index contributed by atoms with van der Waals surface area (Å²) in [6.45, 7) is 3.71. The number of carbonyl (C=O) groups excluding carboxylic acids is 1. The first-order chi connectivity index (χ1) is 9.06. The van der Waals surface area contributed by atoms with E-state index >= 15 is 0 Å². The van der Waals surface area contributed by atoms with Crippen molar-refractivity contribution in [2.45, 2.75) is 18.2 Å². The minimum absolute atomic E-state index is 0.0773. The van der Waals surface area contributed by atoms with Crippen LogP contribution >= 0.6 is 23.3 Å². The molecule has 100 valence electrons. The fourth-order valence-electron chi connectivity index (χ4n) is 1.44. The molecule has 0 atom stereocenters. The number of anilines is 2. The third kappa shape index (κ3) is 3.68. The molecule has 7 heteroatoms. The first-order valence-electron chi connectivity index (χ1n) is 5.64. The Balaban J connectivity index is 1.92. The van der Waals surface area contributed by atoms with Crippen LogP contribution < -0.4 is 11.1 Å². The van der Waals surface area contributed by atoms with Crippen LogP contribution in [0.3, 0.4) is 0 Å². The van der Waals surface area contributed by atoms with Crippen molar-refractivity contribution in [1.29, 1.82) is 0 Å². The molecule has 1 heterocycles. The van der Waals surface area contributed by atoms with E-state index in [4.69, 9.17) is 5.73 Å². The van der Waals surface area contributed by atoms with E-state index in [1.807, 2.05) is 32.0 Å². The minimum atomic E-state index is -0.0773. The summed E-state index contributed by atoms with van der Waals surface area (Å²) in [5, 5.41) is 2.84. The number of nitrogens with one attached hydrogen (secondary N) is 1. The molecule has 1 amide bonds. The second-order valence-corrected chi connectivity index (χ2v) is 5.94. The summed E-state index contributed by atoms with van der Waals surface area (Å²) in [7, 11) is 0. The van der Waals surface area contributed by atoms with E-state index in [0.717, 1.165) is 21.4 Å². The van der Waals surface area contributed by atoms with Crippen molar-refractivity contribution in [3.05, 3.63) is 29.6 Å². The molecule has 0 radical (unpaired) electrons. The maximum Gasteiger partial charge on any atom is 0.234 e. The Morgan fingerprint density at radius 2 is 2.26 bits per heavy atom. The molecule has 0 aliphatic carbocycles. The van der Waals surface area contributed by atoms with E-state index in [9.17, 15) is 4.79 Å². The van der Waals surface area contributed by atoms with Gasteiger partial charge in [-0.15, -0.1) is 0 Å². The van der Waals surface area contributed by atoms with Crippen molar-refractivity contribution < 1.29 is 4.79 Å². The van der Waals surface area contributed by atoms with Crippen molar-refractivity contribution in [2.24, 2.45) is 0 Å². The van der Waals surface area contributed by atoms with Gasteiger partial charge in [-0.05, 0) is 43.1 Å². The normalized spacial score (nSPS) is 10.4. The van der Waals surface area contributed by atoms with Crippen molar-refractivity contribution in [3.8, 4) is 0 Å². The summed E-state index contributed by atoms with van der Waals surface area (Å²) in [4.78, 5) is 16.0. The Morgan fingerprint density at radius 1 is 1.47 bits per heavy atom. The average Bonchev–Trinajstić information content (AvgIpc) is 2.78. The second kappa shape index (κ2) is 6.03. The molecule has 2 rings (SSSR count). The third-order valence-electron chi connectivity index (χ3n) is 2.49. The molecule has 0 saturated carbocycles. The number of hydrogen-bond acceptors (Lipinski definition) is 6. The molecule has 0 unspecified atom stereocenters. The first kappa shape index (κ1) is 13.8. The number of carbonyl (C=O) groups is 1. The van der Waals surface area contributed by atoms with Crippen molar-refractivity contribution >= 4 is 40.6 Å². The van der Waals surface area contributed by atoms with Crippen LogP contribution in [0.25, 0.3) is 0 Å². The highest BCUT2D eigenvalue weighted by Gasteiger charge is 2.08. The van der Waals surface area contributed by atoms with E-state index in [-0.39, 0.29) is 5.91 Å². The van der Waals surface area contributed by atoms with Crippen LogP contribution in [0.5, 0.6) is 0 Å². The average molecular weight is 294 g/mol. The van der Waals surface area contributed by atoms with Gasteiger partial charge in [0.2, 0.25) is 5.91 Å². The van der Waals surface area contributed by atoms with Crippen molar-refractivity contribution in [1.82, 2.24) is 9.36 Å². The number of nitrogens with two attached hydrogens (primary N) is 1. The Labute approximate surface area is 119 Å². The van der Waals surface area contributed by atoms with Gasteiger partial charge >= 0.3 is 0 Å². The van der Waals surface area contributed by atoms with Gasteiger partial charge in [-0.3, -0.25) is 4.79 Å². The van der Waals surface area contributed by atoms with Crippen LogP contribution in [-0.2, 0) is 4.79 Å². The number of nitrogens with zero attached hydrogens (tertiary/aromatic N) is 2. The predicted molar refractivity (Wildman–Crippen MR) is 79.6 cm³/mol. The molecule has 5 nitrogen and oxygen atoms in total. The van der Waals surface area contributed by atoms with Gasteiger partial charge in [0.25, 0.3) is 0 Å². The van der Waals surface area contributed by atoms with Gasteiger partial charge in [0, 0.05) is 11.4 Å². The number of benzene rings is 1. The molecule has 0 spiro atoms. The van der Waals surface area contributed by atoms with Gasteiger partial charge in [-0.1, -0.05) is 17.8 Å². The lowest BCUT2D eigenvalue weighted by atomic mass is 10.1. The zero-order valence-corrected chi connectivity index (χ0v) is 12.3. The van der Waals surface area contributed by atoms with Gasteiger partial charge < -0.3 is 11.1 Å². The molecule has 0 aliphatic rings. The summed E-state index contributed by atoms with van der Waals surface area (Å²) >= 11 is 2.69. The Hall–Kier alpha value is -1.60. The van der Waals surface area contributed by atoms with Crippen LogP contribution in [0.2, 0.25) is 0 Å². The number of rotatable bonds is 4. The van der Waals surface area contributed by atoms with E-state index in [1.54, 1.807) is 0 Å². The Bertz CT molecular complexity index is 597. The lowest BCUT2D eigenvalue weighted by molar-refractivity contribution is -0.113. The quantitative estimate of drug-likeness (QED) is 0.669. The second-order valence-electron chi connectivity index (χ2n) is 3.96. The number of aryl methyl sites for hydroxylation is 1. The van der Waals surface area contributed by atoms with Gasteiger partial charge in [-0.25, -0.2) is 4.98 Å². The van der Waals surface area contributed by atoms with E-state index in [0.29, 0.717) is 11.4 Å². The summed E-state index contributed by atoms with van der Waals surface area (Å²) < 4.78 is 4.87. The van der Waals surface area contributed by atoms with Crippen LogP contribution in [0, 0.1) is 13.8 Å². The molecule has 19 heavy (non-hydrogen) atoms. The van der Waals surface area contributed by atoms with E-state index < -0.39 is 0 Å². The molecule has 0 saturated heterocycles. The largest absolute Gasteiger partial charge is 0.398 e. The summed E-state index contributed by atoms with van der Waals surface area (Å²) in [5.41, 5.74) is 8.09. The number of aromatic nitrogens is 2. The fourth-order valence-corrected chi connectivity index (χ4v) is 2.89. The minimum Gasteiger partial charge on any atom is -0.398 e. The SMILES string of the molecule is Cc1nsc(SCC(=O)Nc2cccc(N)c2C)n1. The maximum atomic E-state index is 11.8. The van der Waals surface area contributed by atoms with Crippen LogP contribution in [0.1, 0.15) is 11.4 Å². The molecule has 1 aromatic carbocycles. The van der Waals surface area contributed by atoms with Gasteiger partial charge in [0.1, 0.15) is 5.82 Å². The van der Waals surface area contributed by atoms with Gasteiger partial charge in [0.15, 0.2) is 4.34 Å². The Morgan fingerprint density at radius 3 is 2.95 bits per heavy atom. The number of thioether (sulfide) groups is 1. The topological polar surface area (TPSA) is 80.9 Å². The highest BCUT2D eigenvalue weighted by molar-refractivity contribution is 8.01. The summed E-state index contributed by atoms with van der Waals surface area (Å²) in [5.74, 6) is 0.967. The van der Waals surface area contributed by atoms with Crippen molar-refractivity contribution in [3.63, 3.8) is 0 Å². The van der Waals surface area contributed by atoms with Gasteiger partial charge in [0.05, 0.1) is 5.75 Å². The highest BCUT2D eigenvalue weighted by Crippen LogP contribution is 2.22. The number of hydrogen-bond donors (Lipinski definition) is 2. The third-order valence-corrected chi connectivity index (χ3v) is 4.41. The van der Waals surface area contributed by atoms with E-state index in [1.165, 1.54) is 23.3 Å². The summed E-state index contributed by atoms with van der Waals surface area (Å²) in [6.07, 6.45) is 0. The zero-order valence-electron chi connectivity index (χ0n) is 10.6. The molecule has 3 N–H and O–H groups in total. The lowest BCUT2D eigenvalue weighted by Gasteiger charge is -2.09. The van der Waals surface area contributed by atoms with Crippen LogP contribution in [-0.4, -0.2) is 21.0 Å². The highest BCUT2D eigenvalue weighted by atomic mass is 32.2. The van der Waals surface area contributed by atoms with Crippen LogP contribution in [0.15, 0.2) is 22.5 Å². The Kier molecular flexibility index (Phi) is 4.39.